The van der Waals surface area contributed by atoms with Gasteiger partial charge in [0, 0.05) is 21.3 Å². The van der Waals surface area contributed by atoms with Gasteiger partial charge in [-0.1, -0.05) is 29.3 Å². The number of rotatable bonds is 8. The third kappa shape index (κ3) is 8.72. The topological polar surface area (TPSA) is 93.9 Å². The highest BCUT2D eigenvalue weighted by Gasteiger charge is 2.31. The zero-order valence-electron chi connectivity index (χ0n) is 17.0. The Morgan fingerprint density at radius 2 is 1.54 bits per heavy atom. The van der Waals surface area contributed by atoms with E-state index in [4.69, 9.17) is 23.2 Å². The van der Waals surface area contributed by atoms with Crippen molar-refractivity contribution in [2.45, 2.75) is 19.1 Å². The molecule has 0 bridgehead atoms. The fourth-order valence-electron chi connectivity index (χ4n) is 2.38. The third-order valence-corrected chi connectivity index (χ3v) is 4.47. The first-order valence-electron chi connectivity index (χ1n) is 9.27. The van der Waals surface area contributed by atoms with Crippen molar-refractivity contribution >= 4 is 40.8 Å². The normalized spacial score (nSPS) is 12.1. The molecule has 0 saturated carbocycles. The second-order valence-electron chi connectivity index (χ2n) is 6.44. The lowest BCUT2D eigenvalue weighted by atomic mass is 10.2. The summed E-state index contributed by atoms with van der Waals surface area (Å²) in [5.74, 6) is -1.22. The van der Waals surface area contributed by atoms with Crippen LogP contribution in [0, 0.1) is 0 Å². The number of nitrogens with one attached hydrogen (secondary N) is 1. The summed E-state index contributed by atoms with van der Waals surface area (Å²) in [6.45, 7) is -1.78. The molecule has 186 valence electrons. The molecule has 0 fully saturated rings. The Morgan fingerprint density at radius 3 is 2.14 bits per heavy atom. The van der Waals surface area contributed by atoms with Crippen molar-refractivity contribution in [2.75, 3.05) is 11.9 Å². The Hall–Kier alpha value is -3.39. The van der Waals surface area contributed by atoms with E-state index in [1.807, 2.05) is 0 Å². The molecule has 0 amide bonds. The number of benzene rings is 2. The number of aromatic nitrogens is 3. The van der Waals surface area contributed by atoms with Crippen LogP contribution >= 0.6 is 23.2 Å². The lowest BCUT2D eigenvalue weighted by Gasteiger charge is -2.11. The summed E-state index contributed by atoms with van der Waals surface area (Å²) in [7, 11) is 0. The molecule has 0 aliphatic heterocycles. The van der Waals surface area contributed by atoms with Gasteiger partial charge in [0.1, 0.15) is 5.75 Å². The van der Waals surface area contributed by atoms with Crippen molar-refractivity contribution in [3.63, 3.8) is 0 Å². The number of hydrogen-bond donors (Lipinski definition) is 1. The number of halogens is 8. The van der Waals surface area contributed by atoms with E-state index >= 15 is 0 Å². The van der Waals surface area contributed by atoms with Gasteiger partial charge < -0.3 is 14.8 Å². The molecule has 1 N–H and O–H groups in total. The van der Waals surface area contributed by atoms with Gasteiger partial charge in [0.2, 0.25) is 5.95 Å². The highest BCUT2D eigenvalue weighted by Crippen LogP contribution is 2.27. The zero-order valence-corrected chi connectivity index (χ0v) is 18.5. The van der Waals surface area contributed by atoms with E-state index in [2.05, 4.69) is 40.0 Å². The van der Waals surface area contributed by atoms with E-state index in [0.29, 0.717) is 15.6 Å². The molecule has 35 heavy (non-hydrogen) atoms. The van der Waals surface area contributed by atoms with Crippen LogP contribution in [0.2, 0.25) is 10.0 Å². The minimum Gasteiger partial charge on any atom is -0.454 e. The molecule has 0 radical (unpaired) electrons. The molecule has 0 spiro atoms. The summed E-state index contributed by atoms with van der Waals surface area (Å²) in [6.07, 6.45) is -9.54. The molecule has 0 unspecified atom stereocenters. The Labute approximate surface area is 202 Å². The molecule has 1 heterocycles. The van der Waals surface area contributed by atoms with Crippen molar-refractivity contribution in [1.82, 2.24) is 15.0 Å². The smallest absolute Gasteiger partial charge is 0.454 e. The van der Waals surface area contributed by atoms with Crippen LogP contribution in [-0.2, 0) is 6.54 Å². The number of hydrogen-bond acceptors (Lipinski definition) is 8. The Morgan fingerprint density at radius 1 is 0.886 bits per heavy atom. The lowest BCUT2D eigenvalue weighted by molar-refractivity contribution is -0.274. The predicted molar refractivity (Wildman–Crippen MR) is 112 cm³/mol. The van der Waals surface area contributed by atoms with E-state index in [1.54, 1.807) is 18.2 Å². The van der Waals surface area contributed by atoms with Crippen LogP contribution in [-0.4, -0.2) is 34.1 Å². The Kier molecular flexibility index (Phi) is 8.17. The minimum atomic E-state index is -4.87. The second kappa shape index (κ2) is 10.9. The van der Waals surface area contributed by atoms with Crippen molar-refractivity contribution in [2.24, 2.45) is 10.2 Å². The second-order valence-corrected chi connectivity index (χ2v) is 7.26. The third-order valence-electron chi connectivity index (χ3n) is 3.76. The summed E-state index contributed by atoms with van der Waals surface area (Å²) in [6, 6.07) is 8.47. The summed E-state index contributed by atoms with van der Waals surface area (Å²) >= 11 is 12.1. The standard InChI is InChI=1S/C19H12Cl2F6N6O2/c20-13-2-1-3-14(21)12(13)8-28-33-16-30-15(31-17(32-16)34-9-18(22,23)24)29-10-4-6-11(7-5-10)35-19(25,26)27/h1-7H,8-9H2,(H,29,30,31,32). The SMILES string of the molecule is FC(F)(F)COc1nc(N=NCc2c(Cl)cccc2Cl)nc(Nc2ccc(OC(F)(F)F)cc2)n1. The van der Waals surface area contributed by atoms with Gasteiger partial charge in [0.05, 0.1) is 6.54 Å². The monoisotopic (exact) mass is 540 g/mol. The van der Waals surface area contributed by atoms with Gasteiger partial charge in [0.15, 0.2) is 6.61 Å². The molecule has 3 aromatic rings. The van der Waals surface area contributed by atoms with Gasteiger partial charge in [-0.2, -0.15) is 33.2 Å². The fourth-order valence-corrected chi connectivity index (χ4v) is 2.90. The molecule has 2 aromatic carbocycles. The molecule has 0 atom stereocenters. The molecule has 0 aliphatic rings. The fraction of sp³-hybridized carbons (Fsp3) is 0.211. The largest absolute Gasteiger partial charge is 0.573 e. The average Bonchev–Trinajstić information content (AvgIpc) is 2.74. The summed E-state index contributed by atoms with van der Waals surface area (Å²) in [5, 5.41) is 10.8. The zero-order chi connectivity index (χ0) is 25.6. The van der Waals surface area contributed by atoms with Crippen molar-refractivity contribution in [1.29, 1.82) is 0 Å². The van der Waals surface area contributed by atoms with Gasteiger partial charge in [-0.3, -0.25) is 0 Å². The molecular weight excluding hydrogens is 529 g/mol. The van der Waals surface area contributed by atoms with Crippen LogP contribution in [0.25, 0.3) is 0 Å². The van der Waals surface area contributed by atoms with Crippen LogP contribution in [0.3, 0.4) is 0 Å². The molecule has 16 heteroatoms. The molecular formula is C19H12Cl2F6N6O2. The summed E-state index contributed by atoms with van der Waals surface area (Å²) < 4.78 is 82.8. The summed E-state index contributed by atoms with van der Waals surface area (Å²) in [5.41, 5.74) is 0.625. The van der Waals surface area contributed by atoms with Gasteiger partial charge >= 0.3 is 18.5 Å². The number of alkyl halides is 6. The van der Waals surface area contributed by atoms with E-state index in [1.165, 1.54) is 12.1 Å². The first kappa shape index (κ1) is 26.2. The number of anilines is 2. The van der Waals surface area contributed by atoms with Crippen molar-refractivity contribution in [3.05, 3.63) is 58.1 Å². The van der Waals surface area contributed by atoms with Crippen LogP contribution in [0.5, 0.6) is 11.8 Å². The molecule has 3 rings (SSSR count). The van der Waals surface area contributed by atoms with Crippen LogP contribution < -0.4 is 14.8 Å². The molecule has 0 saturated heterocycles. The highest BCUT2D eigenvalue weighted by atomic mass is 35.5. The van der Waals surface area contributed by atoms with E-state index in [-0.39, 0.29) is 18.2 Å². The van der Waals surface area contributed by atoms with Gasteiger partial charge in [0.25, 0.3) is 5.95 Å². The maximum atomic E-state index is 12.5. The quantitative estimate of drug-likeness (QED) is 0.243. The number of ether oxygens (including phenoxy) is 2. The Bertz CT molecular complexity index is 1170. The van der Waals surface area contributed by atoms with E-state index in [0.717, 1.165) is 12.1 Å². The van der Waals surface area contributed by atoms with Crippen LogP contribution in [0.4, 0.5) is 43.9 Å². The molecule has 0 aliphatic carbocycles. The molecule has 1 aromatic heterocycles. The summed E-state index contributed by atoms with van der Waals surface area (Å²) in [4.78, 5) is 11.2. The van der Waals surface area contributed by atoms with Crippen molar-refractivity contribution in [3.8, 4) is 11.8 Å². The van der Waals surface area contributed by atoms with Crippen molar-refractivity contribution < 1.29 is 35.8 Å². The Balaban J connectivity index is 1.81. The van der Waals surface area contributed by atoms with E-state index in [9.17, 15) is 26.3 Å². The maximum Gasteiger partial charge on any atom is 0.573 e. The van der Waals surface area contributed by atoms with Gasteiger partial charge in [-0.15, -0.1) is 18.3 Å². The van der Waals surface area contributed by atoms with Gasteiger partial charge in [-0.05, 0) is 36.4 Å². The highest BCUT2D eigenvalue weighted by molar-refractivity contribution is 6.35. The van der Waals surface area contributed by atoms with E-state index < -0.39 is 36.9 Å². The van der Waals surface area contributed by atoms with Crippen LogP contribution in [0.1, 0.15) is 5.56 Å². The lowest BCUT2D eigenvalue weighted by Crippen LogP contribution is -2.20. The molecule has 8 nitrogen and oxygen atoms in total. The average molecular weight is 541 g/mol. The predicted octanol–water partition coefficient (Wildman–Crippen LogP) is 7.05. The number of azo groups is 1. The first-order chi connectivity index (χ1) is 16.4. The number of nitrogens with zero attached hydrogens (tertiary/aromatic N) is 5. The first-order valence-corrected chi connectivity index (χ1v) is 10.0. The maximum absolute atomic E-state index is 12.5. The van der Waals surface area contributed by atoms with Crippen LogP contribution in [0.15, 0.2) is 52.7 Å². The van der Waals surface area contributed by atoms with Gasteiger partial charge in [-0.25, -0.2) is 0 Å². The minimum absolute atomic E-state index is 0.0909.